The number of aliphatic hydroxyl groups is 1. The molecule has 2 heterocycles. The number of furan rings is 1. The van der Waals surface area contributed by atoms with E-state index in [-0.39, 0.29) is 30.1 Å². The third-order valence-corrected chi connectivity index (χ3v) is 4.01. The summed E-state index contributed by atoms with van der Waals surface area (Å²) in [5.74, 6) is 0.0679. The predicted octanol–water partition coefficient (Wildman–Crippen LogP) is 2.72. The van der Waals surface area contributed by atoms with E-state index in [1.807, 2.05) is 18.2 Å². The van der Waals surface area contributed by atoms with E-state index in [1.54, 1.807) is 6.07 Å². The normalized spacial score (nSPS) is 12.5. The van der Waals surface area contributed by atoms with Crippen molar-refractivity contribution in [3.63, 3.8) is 0 Å². The van der Waals surface area contributed by atoms with Crippen LogP contribution in [0.5, 0.6) is 5.75 Å². The van der Waals surface area contributed by atoms with E-state index in [1.165, 1.54) is 35.2 Å². The zero-order valence-electron chi connectivity index (χ0n) is 13.6. The van der Waals surface area contributed by atoms with Crippen LogP contribution in [-0.4, -0.2) is 27.4 Å². The zero-order valence-corrected chi connectivity index (χ0v) is 13.6. The monoisotopic (exact) mass is 354 g/mol. The van der Waals surface area contributed by atoms with E-state index in [9.17, 15) is 14.3 Å². The van der Waals surface area contributed by atoms with Crippen LogP contribution in [0.3, 0.4) is 0 Å². The summed E-state index contributed by atoms with van der Waals surface area (Å²) in [6, 6.07) is 12.8. The summed E-state index contributed by atoms with van der Waals surface area (Å²) in [5, 5.41) is 10.9. The van der Waals surface area contributed by atoms with Crippen molar-refractivity contribution < 1.29 is 18.7 Å². The minimum atomic E-state index is -0.943. The molecule has 7 heteroatoms. The van der Waals surface area contributed by atoms with E-state index in [2.05, 4.69) is 4.98 Å². The van der Waals surface area contributed by atoms with Crippen LogP contribution in [-0.2, 0) is 6.54 Å². The molecule has 4 aromatic rings. The molecule has 1 unspecified atom stereocenters. The number of aromatic nitrogens is 2. The van der Waals surface area contributed by atoms with Gasteiger partial charge in [-0.15, -0.1) is 0 Å². The maximum absolute atomic E-state index is 12.9. The average Bonchev–Trinajstić information content (AvgIpc) is 3.03. The molecule has 2 aromatic heterocycles. The first kappa shape index (κ1) is 16.3. The number of halogens is 1. The van der Waals surface area contributed by atoms with E-state index < -0.39 is 6.10 Å². The molecule has 26 heavy (non-hydrogen) atoms. The molecule has 1 N–H and O–H groups in total. The maximum atomic E-state index is 12.9. The highest BCUT2D eigenvalue weighted by Gasteiger charge is 2.15. The summed E-state index contributed by atoms with van der Waals surface area (Å²) in [6.45, 7) is -0.0454. The third kappa shape index (κ3) is 3.04. The summed E-state index contributed by atoms with van der Waals surface area (Å²) in [4.78, 5) is 16.9. The molecule has 0 bridgehead atoms. The van der Waals surface area contributed by atoms with Gasteiger partial charge in [-0.2, -0.15) is 0 Å². The lowest BCUT2D eigenvalue weighted by Gasteiger charge is -2.13. The number of para-hydroxylation sites is 1. The number of benzene rings is 2. The molecule has 0 amide bonds. The first-order chi connectivity index (χ1) is 12.6. The van der Waals surface area contributed by atoms with E-state index in [4.69, 9.17) is 9.15 Å². The lowest BCUT2D eigenvalue weighted by molar-refractivity contribution is 0.0914. The third-order valence-electron chi connectivity index (χ3n) is 4.01. The van der Waals surface area contributed by atoms with Crippen molar-refractivity contribution in [1.82, 2.24) is 9.55 Å². The highest BCUT2D eigenvalue weighted by Crippen LogP contribution is 2.24. The summed E-state index contributed by atoms with van der Waals surface area (Å²) in [5.41, 5.74) is 0.872. The topological polar surface area (TPSA) is 77.5 Å². The standard InChI is InChI=1S/C19H15FN2O4/c20-12-5-7-14(8-6-12)25-10-13(23)9-22-11-21-17-15-3-1-2-4-16(15)26-18(17)19(22)24/h1-8,11,13,23H,9-10H2. The molecule has 0 fully saturated rings. The van der Waals surface area contributed by atoms with E-state index in [0.29, 0.717) is 16.8 Å². The van der Waals surface area contributed by atoms with Gasteiger partial charge in [-0.1, -0.05) is 12.1 Å². The molecule has 4 rings (SSSR count). The van der Waals surface area contributed by atoms with Gasteiger partial charge in [-0.25, -0.2) is 9.37 Å². The summed E-state index contributed by atoms with van der Waals surface area (Å²) in [7, 11) is 0. The molecule has 0 saturated heterocycles. The highest BCUT2D eigenvalue weighted by molar-refractivity contribution is 6.01. The van der Waals surface area contributed by atoms with E-state index >= 15 is 0 Å². The minimum absolute atomic E-state index is 0.0000131. The molecule has 6 nitrogen and oxygen atoms in total. The van der Waals surface area contributed by atoms with Gasteiger partial charge in [0.1, 0.15) is 35.4 Å². The largest absolute Gasteiger partial charge is 0.491 e. The number of hydrogen-bond donors (Lipinski definition) is 1. The Morgan fingerprint density at radius 1 is 1.19 bits per heavy atom. The lowest BCUT2D eigenvalue weighted by atomic mass is 10.2. The van der Waals surface area contributed by atoms with Crippen molar-refractivity contribution >= 4 is 22.1 Å². The molecule has 0 saturated carbocycles. The van der Waals surface area contributed by atoms with Crippen LogP contribution in [0, 0.1) is 5.82 Å². The second-order valence-corrected chi connectivity index (χ2v) is 5.90. The maximum Gasteiger partial charge on any atom is 0.297 e. The Kier molecular flexibility index (Phi) is 4.14. The number of ether oxygens (including phenoxy) is 1. The van der Waals surface area contributed by atoms with Gasteiger partial charge in [-0.3, -0.25) is 9.36 Å². The minimum Gasteiger partial charge on any atom is -0.491 e. The van der Waals surface area contributed by atoms with Crippen LogP contribution in [0.2, 0.25) is 0 Å². The fourth-order valence-corrected chi connectivity index (χ4v) is 2.75. The second kappa shape index (κ2) is 6.61. The Morgan fingerprint density at radius 3 is 2.77 bits per heavy atom. The quantitative estimate of drug-likeness (QED) is 0.596. The average molecular weight is 354 g/mol. The molecule has 0 spiro atoms. The summed E-state index contributed by atoms with van der Waals surface area (Å²) >= 11 is 0. The molecule has 0 radical (unpaired) electrons. The molecule has 2 aromatic carbocycles. The first-order valence-corrected chi connectivity index (χ1v) is 8.05. The zero-order chi connectivity index (χ0) is 18.1. The van der Waals surface area contributed by atoms with Crippen LogP contribution >= 0.6 is 0 Å². The van der Waals surface area contributed by atoms with Gasteiger partial charge in [0.2, 0.25) is 5.58 Å². The number of hydrogen-bond acceptors (Lipinski definition) is 5. The van der Waals surface area contributed by atoms with Crippen LogP contribution in [0.4, 0.5) is 4.39 Å². The second-order valence-electron chi connectivity index (χ2n) is 5.90. The van der Waals surface area contributed by atoms with Crippen molar-refractivity contribution in [3.8, 4) is 5.75 Å². The highest BCUT2D eigenvalue weighted by atomic mass is 19.1. The number of rotatable bonds is 5. The van der Waals surface area contributed by atoms with Crippen LogP contribution in [0.1, 0.15) is 0 Å². The smallest absolute Gasteiger partial charge is 0.297 e. The summed E-state index contributed by atoms with van der Waals surface area (Å²) in [6.07, 6.45) is 0.440. The molecule has 0 aliphatic rings. The van der Waals surface area contributed by atoms with Gasteiger partial charge in [-0.05, 0) is 36.4 Å². The van der Waals surface area contributed by atoms with Crippen molar-refractivity contribution in [2.24, 2.45) is 0 Å². The number of fused-ring (bicyclic) bond motifs is 3. The molecular weight excluding hydrogens is 339 g/mol. The van der Waals surface area contributed by atoms with Gasteiger partial charge in [0.05, 0.1) is 12.9 Å². The van der Waals surface area contributed by atoms with Crippen molar-refractivity contribution in [1.29, 1.82) is 0 Å². The summed E-state index contributed by atoms with van der Waals surface area (Å²) < 4.78 is 25.1. The number of aliphatic hydroxyl groups excluding tert-OH is 1. The van der Waals surface area contributed by atoms with Crippen LogP contribution < -0.4 is 10.3 Å². The molecule has 0 aliphatic heterocycles. The van der Waals surface area contributed by atoms with Gasteiger partial charge in [0, 0.05) is 5.39 Å². The fourth-order valence-electron chi connectivity index (χ4n) is 2.75. The van der Waals surface area contributed by atoms with Crippen molar-refractivity contribution in [2.45, 2.75) is 12.6 Å². The lowest BCUT2D eigenvalue weighted by Crippen LogP contribution is -2.30. The Balaban J connectivity index is 1.53. The van der Waals surface area contributed by atoms with Crippen LogP contribution in [0.15, 0.2) is 64.1 Å². The molecule has 0 aliphatic carbocycles. The first-order valence-electron chi connectivity index (χ1n) is 8.05. The van der Waals surface area contributed by atoms with Gasteiger partial charge >= 0.3 is 0 Å². The van der Waals surface area contributed by atoms with Crippen molar-refractivity contribution in [2.75, 3.05) is 6.61 Å². The molecule has 132 valence electrons. The van der Waals surface area contributed by atoms with Gasteiger partial charge in [0.15, 0.2) is 0 Å². The Labute approximate surface area is 147 Å². The van der Waals surface area contributed by atoms with Gasteiger partial charge in [0.25, 0.3) is 5.56 Å². The molecular formula is C19H15FN2O4. The Bertz CT molecular complexity index is 1120. The SMILES string of the molecule is O=c1c2oc3ccccc3c2ncn1CC(O)COc1ccc(F)cc1. The van der Waals surface area contributed by atoms with Crippen molar-refractivity contribution in [3.05, 3.63) is 71.0 Å². The van der Waals surface area contributed by atoms with Gasteiger partial charge < -0.3 is 14.3 Å². The fraction of sp³-hybridized carbons (Fsp3) is 0.158. The Hall–Kier alpha value is -3.19. The van der Waals surface area contributed by atoms with E-state index in [0.717, 1.165) is 5.39 Å². The molecule has 1 atom stereocenters. The van der Waals surface area contributed by atoms with Crippen LogP contribution in [0.25, 0.3) is 22.1 Å². The number of nitrogens with zero attached hydrogens (tertiary/aromatic N) is 2. The predicted molar refractivity (Wildman–Crippen MR) is 93.7 cm³/mol. The Morgan fingerprint density at radius 2 is 1.96 bits per heavy atom.